The minimum Gasteiger partial charge on any atom is -0.322 e. The van der Waals surface area contributed by atoms with Crippen LogP contribution in [0.3, 0.4) is 0 Å². The van der Waals surface area contributed by atoms with Gasteiger partial charge in [0.25, 0.3) is 15.9 Å². The molecule has 8 heteroatoms. The highest BCUT2D eigenvalue weighted by molar-refractivity contribution is 7.89. The molecule has 2 aromatic rings. The summed E-state index contributed by atoms with van der Waals surface area (Å²) >= 11 is 0. The van der Waals surface area contributed by atoms with Gasteiger partial charge in [0, 0.05) is 12.7 Å². The van der Waals surface area contributed by atoms with E-state index >= 15 is 0 Å². The Morgan fingerprint density at radius 1 is 1.13 bits per heavy atom. The Balaban J connectivity index is 2.18. The lowest BCUT2D eigenvalue weighted by Gasteiger charge is -2.14. The smallest absolute Gasteiger partial charge is 0.264 e. The number of sulfonamides is 1. The quantitative estimate of drug-likeness (QED) is 0.849. The van der Waals surface area contributed by atoms with E-state index in [1.54, 1.807) is 6.07 Å². The van der Waals surface area contributed by atoms with Crippen LogP contribution in [0.1, 0.15) is 10.4 Å². The third-order valence-corrected chi connectivity index (χ3v) is 4.82. The van der Waals surface area contributed by atoms with Crippen LogP contribution in [-0.4, -0.2) is 33.0 Å². The lowest BCUT2D eigenvalue weighted by atomic mass is 10.2. The number of carbonyl (C=O) groups is 1. The highest BCUT2D eigenvalue weighted by atomic mass is 32.2. The molecular weight excluding hydrogens is 323 g/mol. The second-order valence-corrected chi connectivity index (χ2v) is 6.49. The summed E-state index contributed by atoms with van der Waals surface area (Å²) in [6.07, 6.45) is 0. The van der Waals surface area contributed by atoms with Crippen LogP contribution in [-0.2, 0) is 14.9 Å². The molecule has 0 saturated heterocycles. The van der Waals surface area contributed by atoms with Gasteiger partial charge in [-0.1, -0.05) is 16.6 Å². The Morgan fingerprint density at radius 2 is 1.74 bits per heavy atom. The highest BCUT2D eigenvalue weighted by Crippen LogP contribution is 2.18. The fourth-order valence-corrected chi connectivity index (χ4v) is 2.77. The molecule has 0 atom stereocenters. The average Bonchev–Trinajstić information content (AvgIpc) is 2.54. The maximum absolute atomic E-state index is 13.5. The fourth-order valence-electron chi connectivity index (χ4n) is 1.80. The summed E-state index contributed by atoms with van der Waals surface area (Å²) in [5.41, 5.74) is 0.251. The molecule has 0 saturated carbocycles. The van der Waals surface area contributed by atoms with Crippen molar-refractivity contribution >= 4 is 21.6 Å². The summed E-state index contributed by atoms with van der Waals surface area (Å²) in [5, 5.41) is 2.50. The molecule has 0 aliphatic heterocycles. The molecule has 0 aliphatic carbocycles. The van der Waals surface area contributed by atoms with Crippen LogP contribution in [0.15, 0.2) is 53.4 Å². The molecule has 2 rings (SSSR count). The number of hydrogen-bond acceptors (Lipinski definition) is 4. The molecule has 23 heavy (non-hydrogen) atoms. The van der Waals surface area contributed by atoms with E-state index in [-0.39, 0.29) is 10.5 Å². The van der Waals surface area contributed by atoms with Crippen molar-refractivity contribution in [3.63, 3.8) is 0 Å². The lowest BCUT2D eigenvalue weighted by molar-refractivity contribution is -0.0258. The molecule has 1 N–H and O–H groups in total. The zero-order valence-electron chi connectivity index (χ0n) is 12.5. The summed E-state index contributed by atoms with van der Waals surface area (Å²) in [5.74, 6) is -1.25. The SMILES string of the molecule is CON(C)S(=O)(=O)c1ccc(NC(=O)c2ccccc2F)cc1. The predicted octanol–water partition coefficient (Wildman–Crippen LogP) is 2.26. The zero-order valence-corrected chi connectivity index (χ0v) is 13.3. The van der Waals surface area contributed by atoms with Gasteiger partial charge >= 0.3 is 0 Å². The second-order valence-electron chi connectivity index (χ2n) is 4.56. The number of amides is 1. The third-order valence-electron chi connectivity index (χ3n) is 3.12. The lowest BCUT2D eigenvalue weighted by Crippen LogP contribution is -2.25. The first-order valence-corrected chi connectivity index (χ1v) is 7.99. The van der Waals surface area contributed by atoms with Crippen molar-refractivity contribution in [2.75, 3.05) is 19.5 Å². The van der Waals surface area contributed by atoms with Crippen LogP contribution in [0.25, 0.3) is 0 Å². The van der Waals surface area contributed by atoms with Crippen LogP contribution in [0.4, 0.5) is 10.1 Å². The van der Waals surface area contributed by atoms with Gasteiger partial charge in [-0.25, -0.2) is 12.8 Å². The maximum Gasteiger partial charge on any atom is 0.264 e. The number of carbonyl (C=O) groups excluding carboxylic acids is 1. The number of hydrogen-bond donors (Lipinski definition) is 1. The Hall–Kier alpha value is -2.29. The van der Waals surface area contributed by atoms with E-state index in [0.717, 1.165) is 4.47 Å². The summed E-state index contributed by atoms with van der Waals surface area (Å²) in [6, 6.07) is 11.0. The van der Waals surface area contributed by atoms with Crippen molar-refractivity contribution in [1.29, 1.82) is 0 Å². The summed E-state index contributed by atoms with van der Waals surface area (Å²) < 4.78 is 38.3. The van der Waals surface area contributed by atoms with E-state index < -0.39 is 21.7 Å². The number of halogens is 1. The largest absolute Gasteiger partial charge is 0.322 e. The van der Waals surface area contributed by atoms with Crippen molar-refractivity contribution in [1.82, 2.24) is 4.47 Å². The van der Waals surface area contributed by atoms with Crippen LogP contribution in [0.5, 0.6) is 0 Å². The molecule has 1 amide bonds. The van der Waals surface area contributed by atoms with Gasteiger partial charge in [-0.15, -0.1) is 0 Å². The molecule has 0 fully saturated rings. The molecule has 0 unspecified atom stereocenters. The molecule has 2 aromatic carbocycles. The van der Waals surface area contributed by atoms with E-state index in [1.807, 2.05) is 0 Å². The normalized spacial score (nSPS) is 11.5. The fraction of sp³-hybridized carbons (Fsp3) is 0.133. The number of nitrogens with one attached hydrogen (secondary N) is 1. The van der Waals surface area contributed by atoms with E-state index in [9.17, 15) is 17.6 Å². The van der Waals surface area contributed by atoms with E-state index in [4.69, 9.17) is 0 Å². The minimum atomic E-state index is -3.75. The monoisotopic (exact) mass is 338 g/mol. The van der Waals surface area contributed by atoms with E-state index in [1.165, 1.54) is 56.6 Å². The first-order valence-electron chi connectivity index (χ1n) is 6.55. The third kappa shape index (κ3) is 3.73. The number of nitrogens with zero attached hydrogens (tertiary/aromatic N) is 1. The predicted molar refractivity (Wildman–Crippen MR) is 82.8 cm³/mol. The summed E-state index contributed by atoms with van der Waals surface area (Å²) in [4.78, 5) is 16.6. The molecule has 122 valence electrons. The van der Waals surface area contributed by atoms with Crippen molar-refractivity contribution in [2.45, 2.75) is 4.90 Å². The molecule has 0 spiro atoms. The summed E-state index contributed by atoms with van der Waals surface area (Å²) in [7, 11) is -1.25. The molecule has 0 aromatic heterocycles. The molecule has 0 bridgehead atoms. The van der Waals surface area contributed by atoms with Gasteiger partial charge < -0.3 is 5.32 Å². The van der Waals surface area contributed by atoms with Crippen LogP contribution in [0, 0.1) is 5.82 Å². The van der Waals surface area contributed by atoms with Crippen LogP contribution in [0.2, 0.25) is 0 Å². The maximum atomic E-state index is 13.5. The first-order chi connectivity index (χ1) is 10.9. The number of hydroxylamine groups is 1. The number of rotatable bonds is 5. The van der Waals surface area contributed by atoms with Gasteiger partial charge in [0.2, 0.25) is 0 Å². The van der Waals surface area contributed by atoms with Gasteiger partial charge in [-0.2, -0.15) is 0 Å². The average molecular weight is 338 g/mol. The number of benzene rings is 2. The van der Waals surface area contributed by atoms with Crippen molar-refractivity contribution in [3.05, 3.63) is 59.9 Å². The minimum absolute atomic E-state index is 0.00532. The van der Waals surface area contributed by atoms with Gasteiger partial charge in [-0.3, -0.25) is 9.63 Å². The summed E-state index contributed by atoms with van der Waals surface area (Å²) in [6.45, 7) is 0. The van der Waals surface area contributed by atoms with E-state index in [2.05, 4.69) is 10.2 Å². The second kappa shape index (κ2) is 6.86. The van der Waals surface area contributed by atoms with E-state index in [0.29, 0.717) is 5.69 Å². The molecule has 6 nitrogen and oxygen atoms in total. The van der Waals surface area contributed by atoms with Crippen LogP contribution < -0.4 is 5.32 Å². The topological polar surface area (TPSA) is 75.7 Å². The van der Waals surface area contributed by atoms with Gasteiger partial charge in [-0.05, 0) is 36.4 Å². The Morgan fingerprint density at radius 3 is 2.30 bits per heavy atom. The van der Waals surface area contributed by atoms with Crippen molar-refractivity contribution in [2.24, 2.45) is 0 Å². The Labute approximate surface area is 133 Å². The van der Waals surface area contributed by atoms with Crippen LogP contribution >= 0.6 is 0 Å². The number of anilines is 1. The standard InChI is InChI=1S/C15H15FN2O4S/c1-18(22-2)23(20,21)12-9-7-11(8-10-12)17-15(19)13-5-3-4-6-14(13)16/h3-10H,1-2H3,(H,17,19). The molecular formula is C15H15FN2O4S. The van der Waals surface area contributed by atoms with Crippen molar-refractivity contribution in [3.8, 4) is 0 Å². The Kier molecular flexibility index (Phi) is 5.09. The van der Waals surface area contributed by atoms with Gasteiger partial charge in [0.1, 0.15) is 5.82 Å². The van der Waals surface area contributed by atoms with Crippen molar-refractivity contribution < 1.29 is 22.4 Å². The molecule has 0 aliphatic rings. The Bertz CT molecular complexity index is 806. The van der Waals surface area contributed by atoms with Gasteiger partial charge in [0.15, 0.2) is 0 Å². The molecule has 0 heterocycles. The molecule has 0 radical (unpaired) electrons. The highest BCUT2D eigenvalue weighted by Gasteiger charge is 2.20. The first kappa shape index (κ1) is 17.1. The zero-order chi connectivity index (χ0) is 17.0. The van der Waals surface area contributed by atoms with Gasteiger partial charge in [0.05, 0.1) is 17.6 Å².